The minimum atomic E-state index is -0.849. The molecule has 5 heteroatoms. The number of carbonyl (C=O) groups is 2. The van der Waals surface area contributed by atoms with Crippen molar-refractivity contribution >= 4 is 17.5 Å². The molecule has 20 heavy (non-hydrogen) atoms. The Balaban J connectivity index is 2.50. The van der Waals surface area contributed by atoms with Crippen LogP contribution in [0.1, 0.15) is 34.1 Å². The van der Waals surface area contributed by atoms with Crippen molar-refractivity contribution in [2.24, 2.45) is 5.92 Å². The molecule has 2 amide bonds. The molecule has 2 rings (SSSR count). The summed E-state index contributed by atoms with van der Waals surface area (Å²) < 4.78 is 0. The van der Waals surface area contributed by atoms with Gasteiger partial charge in [0.25, 0.3) is 5.91 Å². The van der Waals surface area contributed by atoms with Crippen molar-refractivity contribution in [3.63, 3.8) is 0 Å². The molecule has 0 spiro atoms. The summed E-state index contributed by atoms with van der Waals surface area (Å²) >= 11 is 0. The molecule has 1 aromatic rings. The van der Waals surface area contributed by atoms with Gasteiger partial charge in [-0.3, -0.25) is 19.5 Å². The van der Waals surface area contributed by atoms with E-state index in [1.807, 2.05) is 26.8 Å². The Kier molecular flexibility index (Phi) is 3.79. The second-order valence-electron chi connectivity index (χ2n) is 5.75. The van der Waals surface area contributed by atoms with E-state index in [9.17, 15) is 9.59 Å². The Morgan fingerprint density at radius 1 is 1.45 bits per heavy atom. The highest BCUT2D eigenvalue weighted by Gasteiger charge is 2.48. The van der Waals surface area contributed by atoms with Gasteiger partial charge >= 0.3 is 0 Å². The summed E-state index contributed by atoms with van der Waals surface area (Å²) in [6.45, 7) is 7.55. The van der Waals surface area contributed by atoms with Crippen LogP contribution in [0.5, 0.6) is 0 Å². The molecule has 0 saturated carbocycles. The lowest BCUT2D eigenvalue weighted by molar-refractivity contribution is -0.138. The Labute approximate surface area is 119 Å². The molecule has 0 aliphatic carbocycles. The molecular weight excluding hydrogens is 254 g/mol. The molecule has 1 aromatic heterocycles. The summed E-state index contributed by atoms with van der Waals surface area (Å²) in [5.74, 6) is -0.153. The number of nitrogens with zero attached hydrogens (tertiary/aromatic N) is 2. The number of piperazine rings is 1. The van der Waals surface area contributed by atoms with Crippen LogP contribution in [0.25, 0.3) is 0 Å². The normalized spacial score (nSPS) is 26.9. The van der Waals surface area contributed by atoms with E-state index >= 15 is 0 Å². The van der Waals surface area contributed by atoms with Gasteiger partial charge in [-0.25, -0.2) is 0 Å². The Morgan fingerprint density at radius 2 is 2.15 bits per heavy atom. The third kappa shape index (κ3) is 2.28. The number of hydrogen-bond acceptors (Lipinski definition) is 3. The van der Waals surface area contributed by atoms with E-state index < -0.39 is 11.6 Å². The number of rotatable bonds is 3. The molecule has 0 radical (unpaired) electrons. The average molecular weight is 275 g/mol. The summed E-state index contributed by atoms with van der Waals surface area (Å²) in [6.07, 6.45) is 3.84. The third-order valence-electron chi connectivity index (χ3n) is 3.90. The maximum Gasteiger partial charge on any atom is 0.253 e. The van der Waals surface area contributed by atoms with Crippen LogP contribution >= 0.6 is 0 Å². The van der Waals surface area contributed by atoms with E-state index in [1.54, 1.807) is 30.3 Å². The lowest BCUT2D eigenvalue weighted by atomic mass is 9.88. The molecule has 5 nitrogen and oxygen atoms in total. The summed E-state index contributed by atoms with van der Waals surface area (Å²) in [5.41, 5.74) is -0.177. The minimum absolute atomic E-state index is 0.0283. The SMILES string of the molecule is CCC1(C)NC(=O)C(C(C)C)N(c2cccnc2)C1=O. The molecular formula is C15H21N3O2. The number of aromatic nitrogens is 1. The Hall–Kier alpha value is -1.91. The first-order valence-corrected chi connectivity index (χ1v) is 6.96. The number of carbonyl (C=O) groups excluding carboxylic acids is 2. The van der Waals surface area contributed by atoms with Gasteiger partial charge < -0.3 is 5.32 Å². The molecule has 0 aromatic carbocycles. The monoisotopic (exact) mass is 275 g/mol. The quantitative estimate of drug-likeness (QED) is 0.914. The van der Waals surface area contributed by atoms with Crippen LogP contribution < -0.4 is 10.2 Å². The second-order valence-corrected chi connectivity index (χ2v) is 5.75. The minimum Gasteiger partial charge on any atom is -0.340 e. The molecule has 1 aliphatic heterocycles. The van der Waals surface area contributed by atoms with Crippen LogP contribution in [0.3, 0.4) is 0 Å². The predicted octanol–water partition coefficient (Wildman–Crippen LogP) is 1.74. The van der Waals surface area contributed by atoms with Crippen LogP contribution in [0.15, 0.2) is 24.5 Å². The van der Waals surface area contributed by atoms with Gasteiger partial charge in [-0.15, -0.1) is 0 Å². The van der Waals surface area contributed by atoms with Crippen molar-refractivity contribution in [3.05, 3.63) is 24.5 Å². The average Bonchev–Trinajstić information content (AvgIpc) is 2.43. The van der Waals surface area contributed by atoms with Crippen molar-refractivity contribution < 1.29 is 9.59 Å². The fourth-order valence-corrected chi connectivity index (χ4v) is 2.52. The van der Waals surface area contributed by atoms with E-state index in [4.69, 9.17) is 0 Å². The highest BCUT2D eigenvalue weighted by atomic mass is 16.2. The highest BCUT2D eigenvalue weighted by molar-refractivity contribution is 6.10. The van der Waals surface area contributed by atoms with Gasteiger partial charge in [0.15, 0.2) is 0 Å². The summed E-state index contributed by atoms with van der Waals surface area (Å²) in [4.78, 5) is 30.9. The van der Waals surface area contributed by atoms with E-state index in [1.165, 1.54) is 0 Å². The lowest BCUT2D eigenvalue weighted by Gasteiger charge is -2.45. The van der Waals surface area contributed by atoms with Crippen molar-refractivity contribution in [2.75, 3.05) is 4.90 Å². The van der Waals surface area contributed by atoms with Gasteiger partial charge in [-0.2, -0.15) is 0 Å². The first kappa shape index (κ1) is 14.5. The zero-order valence-corrected chi connectivity index (χ0v) is 12.4. The summed E-state index contributed by atoms with van der Waals surface area (Å²) in [5, 5.41) is 2.87. The van der Waals surface area contributed by atoms with Crippen LogP contribution in [-0.2, 0) is 9.59 Å². The fraction of sp³-hybridized carbons (Fsp3) is 0.533. The van der Waals surface area contributed by atoms with Crippen molar-refractivity contribution in [1.82, 2.24) is 10.3 Å². The lowest BCUT2D eigenvalue weighted by Crippen LogP contribution is -2.70. The third-order valence-corrected chi connectivity index (χ3v) is 3.90. The molecule has 0 bridgehead atoms. The van der Waals surface area contributed by atoms with Crippen LogP contribution in [0.4, 0.5) is 5.69 Å². The molecule has 2 heterocycles. The number of hydrogen-bond donors (Lipinski definition) is 1. The molecule has 1 fully saturated rings. The van der Waals surface area contributed by atoms with E-state index in [-0.39, 0.29) is 17.7 Å². The first-order chi connectivity index (χ1) is 9.40. The fourth-order valence-electron chi connectivity index (χ4n) is 2.52. The predicted molar refractivity (Wildman–Crippen MR) is 77.2 cm³/mol. The topological polar surface area (TPSA) is 62.3 Å². The van der Waals surface area contributed by atoms with Gasteiger partial charge in [0, 0.05) is 6.20 Å². The van der Waals surface area contributed by atoms with Crippen molar-refractivity contribution in [2.45, 2.75) is 45.7 Å². The number of amides is 2. The smallest absolute Gasteiger partial charge is 0.253 e. The van der Waals surface area contributed by atoms with Gasteiger partial charge in [-0.1, -0.05) is 20.8 Å². The van der Waals surface area contributed by atoms with E-state index in [0.717, 1.165) is 0 Å². The van der Waals surface area contributed by atoms with Crippen LogP contribution in [0, 0.1) is 5.92 Å². The second kappa shape index (κ2) is 5.23. The Bertz CT molecular complexity index is 515. The largest absolute Gasteiger partial charge is 0.340 e. The highest BCUT2D eigenvalue weighted by Crippen LogP contribution is 2.29. The standard InChI is InChI=1S/C15H21N3O2/c1-5-15(4)14(20)18(11-7-6-8-16-9-11)12(10(2)3)13(19)17-15/h6-10,12H,5H2,1-4H3,(H,17,19). The number of anilines is 1. The molecule has 1 aliphatic rings. The number of nitrogens with one attached hydrogen (secondary N) is 1. The van der Waals surface area contributed by atoms with Crippen LogP contribution in [0.2, 0.25) is 0 Å². The Morgan fingerprint density at radius 3 is 2.65 bits per heavy atom. The summed E-state index contributed by atoms with van der Waals surface area (Å²) in [7, 11) is 0. The zero-order chi connectivity index (χ0) is 14.9. The van der Waals surface area contributed by atoms with E-state index in [2.05, 4.69) is 10.3 Å². The van der Waals surface area contributed by atoms with Gasteiger partial charge in [-0.05, 0) is 31.4 Å². The maximum absolute atomic E-state index is 12.8. The zero-order valence-electron chi connectivity index (χ0n) is 12.4. The summed E-state index contributed by atoms with van der Waals surface area (Å²) in [6, 6.07) is 3.09. The van der Waals surface area contributed by atoms with Gasteiger partial charge in [0.1, 0.15) is 11.6 Å². The van der Waals surface area contributed by atoms with Crippen LogP contribution in [-0.4, -0.2) is 28.4 Å². The molecule has 108 valence electrons. The molecule has 1 saturated heterocycles. The number of pyridine rings is 1. The molecule has 2 atom stereocenters. The van der Waals surface area contributed by atoms with Crippen molar-refractivity contribution in [3.8, 4) is 0 Å². The maximum atomic E-state index is 12.8. The molecule has 1 N–H and O–H groups in total. The van der Waals surface area contributed by atoms with E-state index in [0.29, 0.717) is 12.1 Å². The molecule has 2 unspecified atom stereocenters. The van der Waals surface area contributed by atoms with Crippen molar-refractivity contribution in [1.29, 1.82) is 0 Å². The first-order valence-electron chi connectivity index (χ1n) is 6.96. The van der Waals surface area contributed by atoms with Gasteiger partial charge in [0.2, 0.25) is 5.91 Å². The van der Waals surface area contributed by atoms with Gasteiger partial charge in [0.05, 0.1) is 11.9 Å².